The Bertz CT molecular complexity index is 1580. The predicted molar refractivity (Wildman–Crippen MR) is 160 cm³/mol. The fourth-order valence-electron chi connectivity index (χ4n) is 5.45. The second-order valence-corrected chi connectivity index (χ2v) is 11.7. The number of phenols is 3. The largest absolute Gasteiger partial charge is 0.571 e. The van der Waals surface area contributed by atoms with Crippen molar-refractivity contribution in [2.24, 2.45) is 0 Å². The summed E-state index contributed by atoms with van der Waals surface area (Å²) in [5.74, 6) is -3.92. The van der Waals surface area contributed by atoms with Gasteiger partial charge in [-0.25, -0.2) is 0 Å². The van der Waals surface area contributed by atoms with Crippen molar-refractivity contribution in [1.29, 1.82) is 0 Å². The molecule has 2 aromatic carbocycles. The number of hydrogen-bond acceptors (Lipinski definition) is 17. The van der Waals surface area contributed by atoms with Gasteiger partial charge in [0.1, 0.15) is 72.5 Å². The maximum atomic E-state index is 12.0. The lowest BCUT2D eigenvalue weighted by Gasteiger charge is -2.41. The second-order valence-electron chi connectivity index (χ2n) is 11.7. The van der Waals surface area contributed by atoms with Gasteiger partial charge in [-0.15, -0.1) is 0 Å². The van der Waals surface area contributed by atoms with Crippen molar-refractivity contribution < 1.29 is 94.2 Å². The highest BCUT2D eigenvalue weighted by atomic mass is 16.7. The van der Waals surface area contributed by atoms with Gasteiger partial charge in [-0.3, -0.25) is 9.59 Å². The van der Waals surface area contributed by atoms with Gasteiger partial charge in [0.2, 0.25) is 12.6 Å². The fourth-order valence-corrected chi connectivity index (χ4v) is 5.45. The Morgan fingerprint density at radius 3 is 2.04 bits per heavy atom. The van der Waals surface area contributed by atoms with Crippen LogP contribution < -0.4 is 4.74 Å². The van der Waals surface area contributed by atoms with Gasteiger partial charge in [0.05, 0.1) is 31.1 Å². The van der Waals surface area contributed by atoms with E-state index in [-0.39, 0.29) is 34.1 Å². The number of benzene rings is 2. The highest BCUT2D eigenvalue weighted by Crippen LogP contribution is 2.47. The third kappa shape index (κ3) is 7.80. The topological polar surface area (TPSA) is 316 Å². The third-order valence-electron chi connectivity index (χ3n) is 8.21. The summed E-state index contributed by atoms with van der Waals surface area (Å²) >= 11 is 0. The van der Waals surface area contributed by atoms with Gasteiger partial charge in [-0.2, -0.15) is 0 Å². The first kappa shape index (κ1) is 36.8. The predicted octanol–water partition coefficient (Wildman–Crippen LogP) is -2.45. The van der Waals surface area contributed by atoms with Crippen LogP contribution in [0.5, 0.6) is 28.7 Å². The lowest BCUT2D eigenvalue weighted by molar-refractivity contribution is -0.296. The number of carbonyl (C=O) groups excluding carboxylic acids is 1. The van der Waals surface area contributed by atoms with Crippen LogP contribution in [-0.4, -0.2) is 147 Å². The number of carboxylic acids is 1. The molecular formula is C31H37O19+. The SMILES string of the molecule is O=C(O)CCC(=O)OC[C@H]1O[C@@H](OC2=Cc3c(O[C@@H]4O[C@@H](CO)[C@@H](O)[C@H](O)[C@H]4O)cc(O)cc3[OH+]C2c2ccc(O)c(O)c2)[C@H](O)[C@@H](O)[C@@H]1O. The summed E-state index contributed by atoms with van der Waals surface area (Å²) in [6.07, 6.45) is -18.1. The molecule has 12 N–H and O–H groups in total. The van der Waals surface area contributed by atoms with Crippen molar-refractivity contribution >= 4 is 18.0 Å². The number of carbonyl (C=O) groups is 2. The minimum atomic E-state index is -1.91. The molecule has 2 fully saturated rings. The maximum absolute atomic E-state index is 12.0. The van der Waals surface area contributed by atoms with Gasteiger partial charge in [0, 0.05) is 12.1 Å². The summed E-state index contributed by atoms with van der Waals surface area (Å²) in [5.41, 5.74) is 0.260. The highest BCUT2D eigenvalue weighted by Gasteiger charge is 2.48. The minimum Gasteiger partial charge on any atom is -0.571 e. The molecule has 50 heavy (non-hydrogen) atoms. The molecule has 0 radical (unpaired) electrons. The molecule has 0 aliphatic carbocycles. The Balaban J connectivity index is 1.47. The van der Waals surface area contributed by atoms with E-state index in [1.165, 1.54) is 18.2 Å². The summed E-state index contributed by atoms with van der Waals surface area (Å²) in [7, 11) is 0. The number of ether oxygens (including phenoxy) is 6. The monoisotopic (exact) mass is 713 g/mol. The molecule has 0 amide bonds. The van der Waals surface area contributed by atoms with E-state index in [2.05, 4.69) is 4.74 Å². The molecule has 274 valence electrons. The molecule has 2 aromatic rings. The third-order valence-corrected chi connectivity index (χ3v) is 8.21. The number of aliphatic carboxylic acids is 1. The minimum absolute atomic E-state index is 0.0428. The van der Waals surface area contributed by atoms with Crippen LogP contribution in [0.3, 0.4) is 0 Å². The van der Waals surface area contributed by atoms with Crippen LogP contribution in [0.4, 0.5) is 0 Å². The molecule has 0 spiro atoms. The molecule has 1 unspecified atom stereocenters. The molecule has 3 heterocycles. The van der Waals surface area contributed by atoms with Gasteiger partial charge >= 0.3 is 11.9 Å². The summed E-state index contributed by atoms with van der Waals surface area (Å²) in [6, 6.07) is 5.99. The van der Waals surface area contributed by atoms with Crippen LogP contribution in [0.25, 0.3) is 6.08 Å². The van der Waals surface area contributed by atoms with E-state index in [4.69, 9.17) is 28.8 Å². The number of aliphatic hydroxyl groups is 8. The fraction of sp³-hybridized carbons (Fsp3) is 0.484. The number of esters is 1. The molecule has 0 saturated carbocycles. The number of rotatable bonds is 11. The van der Waals surface area contributed by atoms with E-state index in [0.29, 0.717) is 0 Å². The molecule has 3 aliphatic heterocycles. The van der Waals surface area contributed by atoms with Crippen LogP contribution in [-0.2, 0) is 28.5 Å². The number of fused-ring (bicyclic) bond motifs is 1. The first-order valence-electron chi connectivity index (χ1n) is 15.2. The summed E-state index contributed by atoms with van der Waals surface area (Å²) in [5, 5.41) is 112. The van der Waals surface area contributed by atoms with Crippen LogP contribution in [0.1, 0.15) is 30.1 Å². The lowest BCUT2D eigenvalue weighted by atomic mass is 9.98. The molecule has 5 rings (SSSR count). The second kappa shape index (κ2) is 15.2. The van der Waals surface area contributed by atoms with Crippen LogP contribution in [0, 0.1) is 0 Å². The Labute approximate surface area is 281 Å². The van der Waals surface area contributed by atoms with E-state index >= 15 is 0 Å². The molecule has 19 nitrogen and oxygen atoms in total. The van der Waals surface area contributed by atoms with E-state index in [9.17, 15) is 60.7 Å². The van der Waals surface area contributed by atoms with Crippen molar-refractivity contribution in [3.05, 3.63) is 47.2 Å². The molecule has 3 aliphatic rings. The lowest BCUT2D eigenvalue weighted by Crippen LogP contribution is -2.60. The molecule has 11 atom stereocenters. The summed E-state index contributed by atoms with van der Waals surface area (Å²) in [4.78, 5) is 22.7. The molecule has 0 bridgehead atoms. The molecule has 0 aromatic heterocycles. The van der Waals surface area contributed by atoms with Crippen molar-refractivity contribution in [2.75, 3.05) is 13.2 Å². The van der Waals surface area contributed by atoms with Crippen molar-refractivity contribution in [2.45, 2.75) is 80.4 Å². The van der Waals surface area contributed by atoms with Crippen LogP contribution in [0.2, 0.25) is 0 Å². The average molecular weight is 714 g/mol. The zero-order valence-corrected chi connectivity index (χ0v) is 25.9. The summed E-state index contributed by atoms with van der Waals surface area (Å²) in [6.45, 7) is -1.41. The Morgan fingerprint density at radius 1 is 0.760 bits per heavy atom. The van der Waals surface area contributed by atoms with E-state index in [1.54, 1.807) is 0 Å². The number of aromatic hydroxyl groups is 4. The van der Waals surface area contributed by atoms with Crippen molar-refractivity contribution in [3.63, 3.8) is 0 Å². The first-order chi connectivity index (χ1) is 23.7. The summed E-state index contributed by atoms with van der Waals surface area (Å²) < 4.78 is 32.4. The van der Waals surface area contributed by atoms with E-state index < -0.39 is 117 Å². The van der Waals surface area contributed by atoms with Gasteiger partial charge in [0.25, 0.3) is 11.9 Å². The Morgan fingerprint density at radius 2 is 1.40 bits per heavy atom. The standard InChI is InChI=1S/C31H36O19/c32-9-19-23(39)25(41)27(43)30(49-19)47-17-7-12(33)6-16-13(17)8-18(29(46-16)11-1-2-14(34)15(35)5-11)48-31-28(44)26(42)24(40)20(50-31)10-45-22(38)4-3-21(36)37/h1-2,5-8,19-20,23-35,39-44H,3-4,9-10H2,(H,36,37)/p+1/t19-,20+,23+,24+,25-,26-,27+,28+,29?,30+,31+/m0/s1. The molecule has 19 heteroatoms. The van der Waals surface area contributed by atoms with Crippen LogP contribution >= 0.6 is 0 Å². The van der Waals surface area contributed by atoms with Crippen molar-refractivity contribution in [1.82, 2.24) is 0 Å². The number of aliphatic hydroxyl groups excluding tert-OH is 7. The zero-order chi connectivity index (χ0) is 36.4. The van der Waals surface area contributed by atoms with E-state index in [1.807, 2.05) is 0 Å². The Kier molecular flexibility index (Phi) is 11.2. The smallest absolute Gasteiger partial charge is 0.306 e. The zero-order valence-electron chi connectivity index (χ0n) is 25.9. The normalized spacial score (nSPS) is 32.2. The Hall–Kier alpha value is -4.44. The van der Waals surface area contributed by atoms with Gasteiger partial charge < -0.3 is 84.6 Å². The molecular weight excluding hydrogens is 676 g/mol. The van der Waals surface area contributed by atoms with Crippen molar-refractivity contribution in [3.8, 4) is 28.7 Å². The average Bonchev–Trinajstić information content (AvgIpc) is 3.08. The van der Waals surface area contributed by atoms with Gasteiger partial charge in [-0.05, 0) is 18.2 Å². The van der Waals surface area contributed by atoms with Crippen LogP contribution in [0.15, 0.2) is 36.1 Å². The van der Waals surface area contributed by atoms with E-state index in [0.717, 1.165) is 18.2 Å². The van der Waals surface area contributed by atoms with Gasteiger partial charge in [-0.1, -0.05) is 0 Å². The quantitative estimate of drug-likeness (QED) is 0.0654. The first-order valence-corrected chi connectivity index (χ1v) is 15.2. The number of hydrogen-bond donors (Lipinski definition) is 11. The molecule has 2 saturated heterocycles. The van der Waals surface area contributed by atoms with Gasteiger partial charge in [0.15, 0.2) is 17.3 Å². The highest BCUT2D eigenvalue weighted by molar-refractivity contribution is 5.76. The number of phenolic OH excluding ortho intramolecular Hbond substituents is 3. The maximum Gasteiger partial charge on any atom is 0.306 e. The number of carboxylic acid groups (broad SMARTS) is 1.